The molecule has 1 fully saturated rings. The van der Waals surface area contributed by atoms with Gasteiger partial charge in [0.1, 0.15) is 4.90 Å². The number of rotatable bonds is 10. The van der Waals surface area contributed by atoms with Crippen LogP contribution in [0, 0.1) is 5.92 Å². The molecule has 0 unspecified atom stereocenters. The van der Waals surface area contributed by atoms with E-state index < -0.39 is 16.1 Å². The average Bonchev–Trinajstić information content (AvgIpc) is 2.94. The van der Waals surface area contributed by atoms with Gasteiger partial charge >= 0.3 is 0 Å². The second-order valence-corrected chi connectivity index (χ2v) is 11.6. The predicted molar refractivity (Wildman–Crippen MR) is 154 cm³/mol. The molecule has 3 aromatic carbocycles. The monoisotopic (exact) mass is 548 g/mol. The molecule has 4 rings (SSSR count). The van der Waals surface area contributed by atoms with E-state index in [1.165, 1.54) is 6.07 Å². The lowest BCUT2D eigenvalue weighted by molar-refractivity contribution is -0.122. The molecule has 2 amide bonds. The molecular formula is C30H36N4O4S. The van der Waals surface area contributed by atoms with Crippen molar-refractivity contribution in [2.75, 3.05) is 23.3 Å². The molecule has 3 aromatic rings. The van der Waals surface area contributed by atoms with E-state index in [9.17, 15) is 18.0 Å². The van der Waals surface area contributed by atoms with Crippen LogP contribution in [0.15, 0.2) is 83.8 Å². The van der Waals surface area contributed by atoms with Crippen LogP contribution in [0.5, 0.6) is 0 Å². The summed E-state index contributed by atoms with van der Waals surface area (Å²) in [7, 11) is -3.99. The number of sulfonamides is 1. The molecule has 0 radical (unpaired) electrons. The topological polar surface area (TPSA) is 122 Å². The molecule has 2 atom stereocenters. The van der Waals surface area contributed by atoms with Gasteiger partial charge in [0.15, 0.2) is 0 Å². The Morgan fingerprint density at radius 2 is 1.54 bits per heavy atom. The quantitative estimate of drug-likeness (QED) is 0.343. The van der Waals surface area contributed by atoms with Crippen LogP contribution in [0.25, 0.3) is 0 Å². The zero-order valence-corrected chi connectivity index (χ0v) is 23.2. The number of hydrogen-bond acceptors (Lipinski definition) is 5. The highest BCUT2D eigenvalue weighted by atomic mass is 32.2. The van der Waals surface area contributed by atoms with Crippen LogP contribution in [-0.2, 0) is 19.6 Å². The van der Waals surface area contributed by atoms with Gasteiger partial charge in [0.25, 0.3) is 0 Å². The van der Waals surface area contributed by atoms with Crippen LogP contribution in [-0.4, -0.2) is 33.3 Å². The fourth-order valence-electron chi connectivity index (χ4n) is 5.07. The second kappa shape index (κ2) is 12.4. The van der Waals surface area contributed by atoms with Gasteiger partial charge in [-0.1, -0.05) is 67.6 Å². The molecule has 9 heteroatoms. The Hall–Kier alpha value is -3.69. The zero-order chi connectivity index (χ0) is 28.0. The lowest BCUT2D eigenvalue weighted by Gasteiger charge is -2.33. The van der Waals surface area contributed by atoms with E-state index in [2.05, 4.69) is 10.0 Å². The number of carbonyl (C=O) groups excluding carboxylic acids is 2. The molecule has 4 N–H and O–H groups in total. The number of carbonyl (C=O) groups is 2. The van der Waals surface area contributed by atoms with Crippen molar-refractivity contribution >= 4 is 33.2 Å². The summed E-state index contributed by atoms with van der Waals surface area (Å²) in [5, 5.41) is 2.93. The smallest absolute Gasteiger partial charge is 0.243 e. The number of nitrogens with two attached hydrogens (primary N) is 1. The summed E-state index contributed by atoms with van der Waals surface area (Å²) < 4.78 is 30.3. The molecule has 0 saturated carbocycles. The Morgan fingerprint density at radius 1 is 0.949 bits per heavy atom. The van der Waals surface area contributed by atoms with E-state index in [-0.39, 0.29) is 28.5 Å². The van der Waals surface area contributed by atoms with Gasteiger partial charge in [0.2, 0.25) is 21.8 Å². The number of hydrogen-bond donors (Lipinski definition) is 3. The number of benzene rings is 3. The minimum absolute atomic E-state index is 0.0772. The van der Waals surface area contributed by atoms with E-state index in [0.717, 1.165) is 11.1 Å². The van der Waals surface area contributed by atoms with Gasteiger partial charge in [-0.25, -0.2) is 13.1 Å². The number of nitrogens with zero attached hydrogens (tertiary/aromatic N) is 1. The van der Waals surface area contributed by atoms with Crippen LogP contribution in [0.2, 0.25) is 0 Å². The SMILES string of the molecule is CC[C@@H](C(=O)Nc1ccc(N2CCC(C(N)=O)CC2)c(S(=O)(=O)N[C@@H](C)c2ccccc2)c1)c1ccccc1. The van der Waals surface area contributed by atoms with E-state index >= 15 is 0 Å². The van der Waals surface area contributed by atoms with Crippen molar-refractivity contribution in [2.24, 2.45) is 11.7 Å². The van der Waals surface area contributed by atoms with Crippen molar-refractivity contribution in [3.8, 4) is 0 Å². The first-order valence-electron chi connectivity index (χ1n) is 13.3. The molecule has 0 spiro atoms. The summed E-state index contributed by atoms with van der Waals surface area (Å²) in [6, 6.07) is 23.4. The van der Waals surface area contributed by atoms with Gasteiger partial charge in [-0.2, -0.15) is 0 Å². The van der Waals surface area contributed by atoms with Crippen LogP contribution in [0.1, 0.15) is 56.2 Å². The maximum atomic E-state index is 13.8. The minimum Gasteiger partial charge on any atom is -0.370 e. The third-order valence-electron chi connectivity index (χ3n) is 7.31. The van der Waals surface area contributed by atoms with Crippen molar-refractivity contribution in [1.82, 2.24) is 4.72 Å². The van der Waals surface area contributed by atoms with Gasteiger partial charge < -0.3 is 16.0 Å². The lowest BCUT2D eigenvalue weighted by atomic mass is 9.95. The highest BCUT2D eigenvalue weighted by molar-refractivity contribution is 7.89. The summed E-state index contributed by atoms with van der Waals surface area (Å²) in [5.74, 6) is -1.12. The van der Waals surface area contributed by atoms with Gasteiger partial charge in [0, 0.05) is 30.7 Å². The first-order chi connectivity index (χ1) is 18.7. The third-order valence-corrected chi connectivity index (χ3v) is 8.88. The summed E-state index contributed by atoms with van der Waals surface area (Å²) in [4.78, 5) is 26.9. The number of anilines is 2. The maximum Gasteiger partial charge on any atom is 0.243 e. The molecule has 0 bridgehead atoms. The van der Waals surface area contributed by atoms with Crippen LogP contribution in [0.4, 0.5) is 11.4 Å². The highest BCUT2D eigenvalue weighted by Gasteiger charge is 2.29. The molecule has 1 aliphatic rings. The van der Waals surface area contributed by atoms with Gasteiger partial charge in [-0.05, 0) is 55.5 Å². The van der Waals surface area contributed by atoms with Crippen LogP contribution < -0.4 is 20.7 Å². The molecule has 1 heterocycles. The molecule has 8 nitrogen and oxygen atoms in total. The first kappa shape index (κ1) is 28.3. The predicted octanol–water partition coefficient (Wildman–Crippen LogP) is 4.56. The largest absolute Gasteiger partial charge is 0.370 e. The van der Waals surface area contributed by atoms with E-state index in [1.54, 1.807) is 19.1 Å². The molecule has 0 aliphatic carbocycles. The Morgan fingerprint density at radius 3 is 2.10 bits per heavy atom. The summed E-state index contributed by atoms with van der Waals surface area (Å²) in [6.45, 7) is 4.74. The number of amides is 2. The zero-order valence-electron chi connectivity index (χ0n) is 22.3. The first-order valence-corrected chi connectivity index (χ1v) is 14.8. The fraction of sp³-hybridized carbons (Fsp3) is 0.333. The molecular weight excluding hydrogens is 512 g/mol. The number of piperidine rings is 1. The van der Waals surface area contributed by atoms with Crippen molar-refractivity contribution in [3.05, 3.63) is 90.0 Å². The van der Waals surface area contributed by atoms with Crippen LogP contribution >= 0.6 is 0 Å². The Bertz CT molecular complexity index is 1390. The van der Waals surface area contributed by atoms with E-state index in [0.29, 0.717) is 43.7 Å². The second-order valence-electron chi connectivity index (χ2n) is 9.96. The summed E-state index contributed by atoms with van der Waals surface area (Å²) >= 11 is 0. The van der Waals surface area contributed by atoms with Crippen molar-refractivity contribution in [2.45, 2.75) is 50.0 Å². The Kier molecular flexibility index (Phi) is 9.04. The molecule has 1 saturated heterocycles. The fourth-order valence-corrected chi connectivity index (χ4v) is 6.55. The molecule has 1 aliphatic heterocycles. The molecule has 0 aromatic heterocycles. The van der Waals surface area contributed by atoms with Crippen molar-refractivity contribution < 1.29 is 18.0 Å². The van der Waals surface area contributed by atoms with E-state index in [4.69, 9.17) is 5.73 Å². The van der Waals surface area contributed by atoms with E-state index in [1.807, 2.05) is 72.5 Å². The number of primary amides is 1. The standard InChI is InChI=1S/C30H36N4O4S/c1-3-26(23-12-8-5-9-13-23)30(36)32-25-14-15-27(34-18-16-24(17-19-34)29(31)35)28(20-25)39(37,38)33-21(2)22-10-6-4-7-11-22/h4-15,20-21,24,26,33H,3,16-19H2,1-2H3,(H2,31,35)(H,32,36)/t21-,26+/m0/s1. The normalized spacial score (nSPS) is 15.9. The van der Waals surface area contributed by atoms with Crippen molar-refractivity contribution in [3.63, 3.8) is 0 Å². The van der Waals surface area contributed by atoms with Crippen LogP contribution in [0.3, 0.4) is 0 Å². The highest BCUT2D eigenvalue weighted by Crippen LogP contribution is 2.33. The average molecular weight is 549 g/mol. The number of nitrogens with one attached hydrogen (secondary N) is 2. The maximum absolute atomic E-state index is 13.8. The van der Waals surface area contributed by atoms with Gasteiger partial charge in [-0.3, -0.25) is 9.59 Å². The molecule has 206 valence electrons. The Balaban J connectivity index is 1.65. The Labute approximate surface area is 230 Å². The summed E-state index contributed by atoms with van der Waals surface area (Å²) in [5.41, 5.74) is 8.17. The van der Waals surface area contributed by atoms with Gasteiger partial charge in [-0.15, -0.1) is 0 Å². The minimum atomic E-state index is -3.99. The third kappa shape index (κ3) is 6.85. The van der Waals surface area contributed by atoms with Gasteiger partial charge in [0.05, 0.1) is 11.6 Å². The molecule has 39 heavy (non-hydrogen) atoms. The lowest BCUT2D eigenvalue weighted by Crippen LogP contribution is -2.39. The van der Waals surface area contributed by atoms with Crippen molar-refractivity contribution in [1.29, 1.82) is 0 Å². The summed E-state index contributed by atoms with van der Waals surface area (Å²) in [6.07, 6.45) is 1.71.